The summed E-state index contributed by atoms with van der Waals surface area (Å²) in [7, 11) is 0. The van der Waals surface area contributed by atoms with Gasteiger partial charge in [-0.2, -0.15) is 0 Å². The van der Waals surface area contributed by atoms with Crippen molar-refractivity contribution in [1.29, 1.82) is 0 Å². The molecule has 68 valence electrons. The van der Waals surface area contributed by atoms with Gasteiger partial charge in [-0.3, -0.25) is 0 Å². The minimum absolute atomic E-state index is 0.556. The Kier molecular flexibility index (Phi) is 2.09. The molecule has 0 bridgehead atoms. The molecule has 0 saturated heterocycles. The Hall–Kier alpha value is -0.870. The summed E-state index contributed by atoms with van der Waals surface area (Å²) in [5.41, 5.74) is 1.80. The summed E-state index contributed by atoms with van der Waals surface area (Å²) in [5.74, 6) is 0.599. The number of benzene rings is 1. The fourth-order valence-corrected chi connectivity index (χ4v) is 1.67. The number of nitrogens with one attached hydrogen (secondary N) is 1. The van der Waals surface area contributed by atoms with E-state index in [1.165, 1.54) is 0 Å². The average Bonchev–Trinajstić information content (AvgIpc) is 2.49. The number of rotatable bonds is 1. The van der Waals surface area contributed by atoms with Crippen LogP contribution in [-0.4, -0.2) is 15.1 Å². The van der Waals surface area contributed by atoms with Gasteiger partial charge in [0.25, 0.3) is 0 Å². The lowest BCUT2D eigenvalue weighted by molar-refractivity contribution is 0.190. The van der Waals surface area contributed by atoms with Crippen molar-refractivity contribution in [1.82, 2.24) is 9.97 Å². The minimum atomic E-state index is -0.556. The lowest BCUT2D eigenvalue weighted by Gasteiger charge is -1.95. The molecule has 2 N–H and O–H groups in total. The van der Waals surface area contributed by atoms with Gasteiger partial charge in [-0.05, 0) is 35.0 Å². The Morgan fingerprint density at radius 2 is 2.31 bits per heavy atom. The number of aliphatic hydroxyl groups excluding tert-OH is 1. The number of hydrogen-bond donors (Lipinski definition) is 2. The molecule has 2 rings (SSSR count). The summed E-state index contributed by atoms with van der Waals surface area (Å²) in [4.78, 5) is 7.30. The van der Waals surface area contributed by atoms with Gasteiger partial charge in [-0.25, -0.2) is 4.98 Å². The van der Waals surface area contributed by atoms with Gasteiger partial charge in [0.15, 0.2) is 0 Å². The Bertz CT molecular complexity index is 436. The Morgan fingerprint density at radius 3 is 2.92 bits per heavy atom. The molecule has 0 aliphatic heterocycles. The smallest absolute Gasteiger partial charge is 0.135 e. The maximum Gasteiger partial charge on any atom is 0.135 e. The van der Waals surface area contributed by atoms with Crippen LogP contribution < -0.4 is 0 Å². The number of imidazole rings is 1. The summed E-state index contributed by atoms with van der Waals surface area (Å²) in [6, 6.07) is 5.78. The van der Waals surface area contributed by atoms with Crippen LogP contribution in [0.2, 0.25) is 0 Å². The molecule has 0 aliphatic carbocycles. The van der Waals surface area contributed by atoms with Crippen molar-refractivity contribution in [3.8, 4) is 0 Å². The molecule has 4 heteroatoms. The van der Waals surface area contributed by atoms with Gasteiger partial charge >= 0.3 is 0 Å². The molecule has 3 nitrogen and oxygen atoms in total. The molecule has 0 spiro atoms. The third-order valence-corrected chi connectivity index (χ3v) is 2.52. The quantitative estimate of drug-likeness (QED) is 0.805. The molecule has 1 aromatic carbocycles. The Morgan fingerprint density at radius 1 is 1.54 bits per heavy atom. The first kappa shape index (κ1) is 8.72. The molecule has 1 atom stereocenters. The number of fused-ring (bicyclic) bond motifs is 1. The van der Waals surface area contributed by atoms with Crippen LogP contribution in [0.15, 0.2) is 22.7 Å². The number of para-hydroxylation sites is 1. The molecule has 2 aromatic rings. The standard InChI is InChI=1S/C9H9BrN2O/c1-5(13)9-11-7-4-2-3-6(10)8(7)12-9/h2-5,13H,1H3,(H,11,12)/t5-/m0/s1. The first-order valence-corrected chi connectivity index (χ1v) is 4.80. The molecule has 0 unspecified atom stereocenters. The monoisotopic (exact) mass is 240 g/mol. The molecule has 1 aromatic heterocycles. The number of aliphatic hydroxyl groups is 1. The number of H-pyrrole nitrogens is 1. The molecule has 0 amide bonds. The average molecular weight is 241 g/mol. The summed E-state index contributed by atoms with van der Waals surface area (Å²) in [6.07, 6.45) is -0.556. The first-order valence-electron chi connectivity index (χ1n) is 4.00. The summed E-state index contributed by atoms with van der Waals surface area (Å²) >= 11 is 3.40. The van der Waals surface area contributed by atoms with E-state index >= 15 is 0 Å². The van der Waals surface area contributed by atoms with E-state index in [2.05, 4.69) is 25.9 Å². The van der Waals surface area contributed by atoms with Crippen molar-refractivity contribution in [2.24, 2.45) is 0 Å². The van der Waals surface area contributed by atoms with E-state index in [1.807, 2.05) is 18.2 Å². The predicted molar refractivity (Wildman–Crippen MR) is 54.4 cm³/mol. The van der Waals surface area contributed by atoms with E-state index in [4.69, 9.17) is 0 Å². The van der Waals surface area contributed by atoms with Crippen molar-refractivity contribution in [2.75, 3.05) is 0 Å². The SMILES string of the molecule is C[C@H](O)c1nc2c(Br)cccc2[nH]1. The number of nitrogens with zero attached hydrogens (tertiary/aromatic N) is 1. The van der Waals surface area contributed by atoms with E-state index in [9.17, 15) is 5.11 Å². The van der Waals surface area contributed by atoms with Crippen LogP contribution in [0.25, 0.3) is 11.0 Å². The zero-order chi connectivity index (χ0) is 9.42. The highest BCUT2D eigenvalue weighted by Crippen LogP contribution is 2.23. The third kappa shape index (κ3) is 1.47. The second-order valence-electron chi connectivity index (χ2n) is 2.93. The highest BCUT2D eigenvalue weighted by molar-refractivity contribution is 9.10. The fraction of sp³-hybridized carbons (Fsp3) is 0.222. The third-order valence-electron chi connectivity index (χ3n) is 1.88. The molecule has 0 aliphatic rings. The van der Waals surface area contributed by atoms with Crippen molar-refractivity contribution >= 4 is 27.0 Å². The van der Waals surface area contributed by atoms with Crippen LogP contribution in [0, 0.1) is 0 Å². The van der Waals surface area contributed by atoms with Crippen molar-refractivity contribution in [2.45, 2.75) is 13.0 Å². The largest absolute Gasteiger partial charge is 0.385 e. The van der Waals surface area contributed by atoms with E-state index in [0.717, 1.165) is 15.5 Å². The number of hydrogen-bond acceptors (Lipinski definition) is 2. The summed E-state index contributed by atoms with van der Waals surface area (Å²) < 4.78 is 0.938. The van der Waals surface area contributed by atoms with Crippen LogP contribution in [-0.2, 0) is 0 Å². The normalized spacial score (nSPS) is 13.5. The maximum atomic E-state index is 9.31. The molecular weight excluding hydrogens is 232 g/mol. The van der Waals surface area contributed by atoms with Gasteiger partial charge in [0, 0.05) is 4.47 Å². The van der Waals surface area contributed by atoms with Gasteiger partial charge in [-0.1, -0.05) is 6.07 Å². The Labute approximate surface area is 83.9 Å². The lowest BCUT2D eigenvalue weighted by atomic mass is 10.3. The van der Waals surface area contributed by atoms with Crippen LogP contribution in [0.1, 0.15) is 18.9 Å². The van der Waals surface area contributed by atoms with E-state index in [0.29, 0.717) is 5.82 Å². The summed E-state index contributed by atoms with van der Waals surface area (Å²) in [5, 5.41) is 9.31. The summed E-state index contributed by atoms with van der Waals surface area (Å²) in [6.45, 7) is 1.69. The van der Waals surface area contributed by atoms with Crippen molar-refractivity contribution in [3.05, 3.63) is 28.5 Å². The molecule has 1 heterocycles. The molecule has 0 radical (unpaired) electrons. The first-order chi connectivity index (χ1) is 6.18. The topological polar surface area (TPSA) is 48.9 Å². The predicted octanol–water partition coefficient (Wildman–Crippen LogP) is 2.38. The highest BCUT2D eigenvalue weighted by atomic mass is 79.9. The van der Waals surface area contributed by atoms with Gasteiger partial charge in [0.1, 0.15) is 17.4 Å². The Balaban J connectivity index is 2.68. The van der Waals surface area contributed by atoms with E-state index < -0.39 is 6.10 Å². The van der Waals surface area contributed by atoms with Crippen LogP contribution in [0.5, 0.6) is 0 Å². The molecule has 13 heavy (non-hydrogen) atoms. The molecule has 0 saturated carbocycles. The van der Waals surface area contributed by atoms with Crippen molar-refractivity contribution < 1.29 is 5.11 Å². The number of aromatic amines is 1. The van der Waals surface area contributed by atoms with Crippen LogP contribution in [0.3, 0.4) is 0 Å². The van der Waals surface area contributed by atoms with Gasteiger partial charge in [-0.15, -0.1) is 0 Å². The second-order valence-corrected chi connectivity index (χ2v) is 3.79. The van der Waals surface area contributed by atoms with Crippen LogP contribution >= 0.6 is 15.9 Å². The molecule has 0 fully saturated rings. The minimum Gasteiger partial charge on any atom is -0.385 e. The van der Waals surface area contributed by atoms with E-state index in [1.54, 1.807) is 6.92 Å². The van der Waals surface area contributed by atoms with Gasteiger partial charge < -0.3 is 10.1 Å². The second kappa shape index (κ2) is 3.12. The zero-order valence-electron chi connectivity index (χ0n) is 7.08. The van der Waals surface area contributed by atoms with Gasteiger partial charge in [0.2, 0.25) is 0 Å². The zero-order valence-corrected chi connectivity index (χ0v) is 8.67. The van der Waals surface area contributed by atoms with Gasteiger partial charge in [0.05, 0.1) is 5.52 Å². The lowest BCUT2D eigenvalue weighted by Crippen LogP contribution is -1.92. The maximum absolute atomic E-state index is 9.31. The highest BCUT2D eigenvalue weighted by Gasteiger charge is 2.08. The molecular formula is C9H9BrN2O. The van der Waals surface area contributed by atoms with Crippen LogP contribution in [0.4, 0.5) is 0 Å². The number of aromatic nitrogens is 2. The van der Waals surface area contributed by atoms with E-state index in [-0.39, 0.29) is 0 Å². The van der Waals surface area contributed by atoms with Crippen molar-refractivity contribution in [3.63, 3.8) is 0 Å². The fourth-order valence-electron chi connectivity index (χ4n) is 1.21. The number of halogens is 1.